The van der Waals surface area contributed by atoms with Crippen molar-refractivity contribution in [1.29, 1.82) is 0 Å². The summed E-state index contributed by atoms with van der Waals surface area (Å²) in [6.07, 6.45) is 1.77. The van der Waals surface area contributed by atoms with E-state index in [4.69, 9.17) is 0 Å². The lowest BCUT2D eigenvalue weighted by atomic mass is 9.91. The second-order valence-corrected chi connectivity index (χ2v) is 7.19. The van der Waals surface area contributed by atoms with Crippen LogP contribution in [0, 0.1) is 0 Å². The molecular weight excluding hydrogens is 397 g/mol. The molecule has 0 amide bonds. The summed E-state index contributed by atoms with van der Waals surface area (Å²) >= 11 is 0. The number of hydrogen-bond acceptors (Lipinski definition) is 6. The van der Waals surface area contributed by atoms with Crippen molar-refractivity contribution in [3.8, 4) is 11.3 Å². The van der Waals surface area contributed by atoms with Gasteiger partial charge in [-0.25, -0.2) is 4.68 Å². The number of aromatic nitrogens is 5. The van der Waals surface area contributed by atoms with Crippen LogP contribution >= 0.6 is 0 Å². The average Bonchev–Trinajstić information content (AvgIpc) is 2.75. The van der Waals surface area contributed by atoms with Gasteiger partial charge in [-0.1, -0.05) is 0 Å². The Bertz CT molecular complexity index is 1040. The SMILES string of the molecule is O=c1ccc(-c2cccnc2)nn1C1CCC(Nc2ccc(C(F)(F)F)nn2)CC1. The number of pyridine rings is 1. The Morgan fingerprint density at radius 2 is 1.80 bits per heavy atom. The largest absolute Gasteiger partial charge is 0.435 e. The van der Waals surface area contributed by atoms with E-state index in [0.717, 1.165) is 37.3 Å². The van der Waals surface area contributed by atoms with Crippen LogP contribution in [0.15, 0.2) is 53.6 Å². The molecule has 3 aromatic heterocycles. The standard InChI is InChI=1S/C20H19F3N6O/c21-20(22,23)17-8-9-18(27-26-17)25-14-3-5-15(6-4-14)29-19(30)10-7-16(28-29)13-2-1-11-24-12-13/h1-2,7-12,14-15H,3-6H2,(H,25,27). The van der Waals surface area contributed by atoms with Gasteiger partial charge in [0.2, 0.25) is 0 Å². The van der Waals surface area contributed by atoms with Crippen molar-refractivity contribution in [3.63, 3.8) is 0 Å². The van der Waals surface area contributed by atoms with Crippen LogP contribution < -0.4 is 10.9 Å². The van der Waals surface area contributed by atoms with Crippen LogP contribution in [0.3, 0.4) is 0 Å². The zero-order chi connectivity index (χ0) is 21.1. The van der Waals surface area contributed by atoms with E-state index >= 15 is 0 Å². The summed E-state index contributed by atoms with van der Waals surface area (Å²) in [4.78, 5) is 16.4. The third-order valence-electron chi connectivity index (χ3n) is 5.13. The van der Waals surface area contributed by atoms with E-state index in [2.05, 4.69) is 25.6 Å². The molecule has 0 aromatic carbocycles. The van der Waals surface area contributed by atoms with Gasteiger partial charge in [0.05, 0.1) is 11.7 Å². The van der Waals surface area contributed by atoms with Crippen molar-refractivity contribution in [2.75, 3.05) is 5.32 Å². The summed E-state index contributed by atoms with van der Waals surface area (Å²) < 4.78 is 39.3. The third kappa shape index (κ3) is 4.47. The maximum atomic E-state index is 12.6. The molecule has 1 saturated carbocycles. The van der Waals surface area contributed by atoms with Crippen LogP contribution in [-0.4, -0.2) is 31.0 Å². The molecule has 3 aromatic rings. The molecule has 0 spiro atoms. The van der Waals surface area contributed by atoms with Gasteiger partial charge >= 0.3 is 6.18 Å². The molecule has 3 heterocycles. The lowest BCUT2D eigenvalue weighted by molar-refractivity contribution is -0.141. The first-order valence-electron chi connectivity index (χ1n) is 9.58. The van der Waals surface area contributed by atoms with E-state index in [1.54, 1.807) is 18.5 Å². The molecule has 1 aliphatic rings. The first-order chi connectivity index (χ1) is 14.4. The molecule has 10 heteroatoms. The van der Waals surface area contributed by atoms with Crippen LogP contribution in [0.5, 0.6) is 0 Å². The Morgan fingerprint density at radius 3 is 2.43 bits per heavy atom. The molecule has 0 unspecified atom stereocenters. The van der Waals surface area contributed by atoms with Gasteiger partial charge in [-0.2, -0.15) is 18.3 Å². The Morgan fingerprint density at radius 1 is 1.00 bits per heavy atom. The fraction of sp³-hybridized carbons (Fsp3) is 0.350. The minimum atomic E-state index is -4.51. The molecule has 0 aliphatic heterocycles. The van der Waals surface area contributed by atoms with Crippen molar-refractivity contribution < 1.29 is 13.2 Å². The topological polar surface area (TPSA) is 85.6 Å². The van der Waals surface area contributed by atoms with E-state index in [0.29, 0.717) is 11.5 Å². The smallest absolute Gasteiger partial charge is 0.366 e. The van der Waals surface area contributed by atoms with E-state index < -0.39 is 11.9 Å². The monoisotopic (exact) mass is 416 g/mol. The predicted octanol–water partition coefficient (Wildman–Crippen LogP) is 3.71. The van der Waals surface area contributed by atoms with Crippen molar-refractivity contribution >= 4 is 5.82 Å². The van der Waals surface area contributed by atoms with Gasteiger partial charge in [0, 0.05) is 30.1 Å². The van der Waals surface area contributed by atoms with Crippen LogP contribution in [-0.2, 0) is 6.18 Å². The van der Waals surface area contributed by atoms with E-state index in [-0.39, 0.29) is 17.6 Å². The third-order valence-corrected chi connectivity index (χ3v) is 5.13. The van der Waals surface area contributed by atoms with Gasteiger partial charge in [-0.05, 0) is 56.0 Å². The van der Waals surface area contributed by atoms with Crippen molar-refractivity contribution in [3.05, 3.63) is 64.8 Å². The summed E-state index contributed by atoms with van der Waals surface area (Å²) in [5, 5.41) is 14.5. The Kier molecular flexibility index (Phi) is 5.47. The summed E-state index contributed by atoms with van der Waals surface area (Å²) in [6.45, 7) is 0. The average molecular weight is 416 g/mol. The molecular formula is C20H19F3N6O. The van der Waals surface area contributed by atoms with E-state index in [1.165, 1.54) is 16.8 Å². The number of rotatable bonds is 4. The lowest BCUT2D eigenvalue weighted by Crippen LogP contribution is -2.33. The van der Waals surface area contributed by atoms with Gasteiger partial charge < -0.3 is 5.32 Å². The number of anilines is 1. The number of hydrogen-bond donors (Lipinski definition) is 1. The van der Waals surface area contributed by atoms with Gasteiger partial charge in [0.15, 0.2) is 5.69 Å². The Labute approximate surface area is 170 Å². The first-order valence-corrected chi connectivity index (χ1v) is 9.58. The van der Waals surface area contributed by atoms with Gasteiger partial charge in [0.25, 0.3) is 5.56 Å². The molecule has 7 nitrogen and oxygen atoms in total. The molecule has 4 rings (SSSR count). The lowest BCUT2D eigenvalue weighted by Gasteiger charge is -2.29. The Balaban J connectivity index is 1.41. The quantitative estimate of drug-likeness (QED) is 0.698. The highest BCUT2D eigenvalue weighted by Gasteiger charge is 2.33. The van der Waals surface area contributed by atoms with Gasteiger partial charge in [-0.3, -0.25) is 9.78 Å². The van der Waals surface area contributed by atoms with Gasteiger partial charge in [-0.15, -0.1) is 10.2 Å². The zero-order valence-electron chi connectivity index (χ0n) is 15.9. The van der Waals surface area contributed by atoms with Gasteiger partial charge in [0.1, 0.15) is 5.82 Å². The summed E-state index contributed by atoms with van der Waals surface area (Å²) in [5.74, 6) is 0.306. The van der Waals surface area contributed by atoms with Crippen molar-refractivity contribution in [2.45, 2.75) is 43.9 Å². The molecule has 30 heavy (non-hydrogen) atoms. The normalized spacial score (nSPS) is 19.4. The molecule has 0 saturated heterocycles. The second-order valence-electron chi connectivity index (χ2n) is 7.19. The molecule has 0 bridgehead atoms. The van der Waals surface area contributed by atoms with Crippen LogP contribution in [0.2, 0.25) is 0 Å². The maximum absolute atomic E-state index is 12.6. The molecule has 156 valence electrons. The first kappa shape index (κ1) is 20.0. The highest BCUT2D eigenvalue weighted by atomic mass is 19.4. The minimum Gasteiger partial charge on any atom is -0.366 e. The van der Waals surface area contributed by atoms with Crippen LogP contribution in [0.4, 0.5) is 19.0 Å². The highest BCUT2D eigenvalue weighted by Crippen LogP contribution is 2.30. The molecule has 0 atom stereocenters. The summed E-state index contributed by atoms with van der Waals surface area (Å²) in [6, 6.07) is 9.10. The molecule has 0 radical (unpaired) electrons. The number of nitrogens with zero attached hydrogens (tertiary/aromatic N) is 5. The number of alkyl halides is 3. The molecule has 1 aliphatic carbocycles. The number of halogens is 3. The van der Waals surface area contributed by atoms with E-state index in [1.807, 2.05) is 12.1 Å². The molecule has 1 N–H and O–H groups in total. The number of nitrogens with one attached hydrogen (secondary N) is 1. The zero-order valence-corrected chi connectivity index (χ0v) is 15.9. The second kappa shape index (κ2) is 8.21. The predicted molar refractivity (Wildman–Crippen MR) is 104 cm³/mol. The van der Waals surface area contributed by atoms with Crippen LogP contribution in [0.1, 0.15) is 37.4 Å². The fourth-order valence-electron chi connectivity index (χ4n) is 3.59. The van der Waals surface area contributed by atoms with E-state index in [9.17, 15) is 18.0 Å². The van der Waals surface area contributed by atoms with Crippen LogP contribution in [0.25, 0.3) is 11.3 Å². The fourth-order valence-corrected chi connectivity index (χ4v) is 3.59. The minimum absolute atomic E-state index is 0.0362. The highest BCUT2D eigenvalue weighted by molar-refractivity contribution is 5.56. The summed E-state index contributed by atoms with van der Waals surface area (Å²) in [5.41, 5.74) is 0.341. The summed E-state index contributed by atoms with van der Waals surface area (Å²) in [7, 11) is 0. The maximum Gasteiger partial charge on any atom is 0.435 e. The van der Waals surface area contributed by atoms with Crippen molar-refractivity contribution in [2.24, 2.45) is 0 Å². The molecule has 1 fully saturated rings. The van der Waals surface area contributed by atoms with Crippen molar-refractivity contribution in [1.82, 2.24) is 25.0 Å². The Hall–Kier alpha value is -3.30.